The number of hydrogen-bond donors (Lipinski definition) is 1. The number of ether oxygens (including phenoxy) is 2. The van der Waals surface area contributed by atoms with E-state index in [-0.39, 0.29) is 28.4 Å². The number of allylic oxidation sites excluding steroid dienone is 2. The molecule has 0 radical (unpaired) electrons. The number of amides is 2. The number of halogens is 4. The first-order valence-electron chi connectivity index (χ1n) is 16.3. The third-order valence-corrected chi connectivity index (χ3v) is 9.40. The van der Waals surface area contributed by atoms with Crippen molar-refractivity contribution in [1.82, 2.24) is 24.1 Å². The molecule has 4 heterocycles. The Labute approximate surface area is 285 Å². The van der Waals surface area contributed by atoms with E-state index in [1.807, 2.05) is 11.8 Å². The van der Waals surface area contributed by atoms with E-state index in [0.717, 1.165) is 36.6 Å². The quantitative estimate of drug-likeness (QED) is 0.362. The molecule has 1 aliphatic carbocycles. The molecule has 0 saturated carbocycles. The summed E-state index contributed by atoms with van der Waals surface area (Å²) in [6.07, 6.45) is -0.174. The van der Waals surface area contributed by atoms with E-state index in [1.54, 1.807) is 30.2 Å². The van der Waals surface area contributed by atoms with Gasteiger partial charge in [0.25, 0.3) is 5.56 Å². The zero-order valence-electron chi connectivity index (χ0n) is 27.8. The highest BCUT2D eigenvalue weighted by molar-refractivity contribution is 6.33. The summed E-state index contributed by atoms with van der Waals surface area (Å²) in [5.41, 5.74) is -0.0925. The van der Waals surface area contributed by atoms with Crippen molar-refractivity contribution in [2.45, 2.75) is 71.7 Å². The SMILES string of the molecule is CCc1c(N2CCN(C(=O)OC(C)(C)C)CC2)c(=O)n2nc(C3=CCC4(CC3)COC4)nc2n1CC(=O)Nc1ccc(C(F)(F)F)cc1Cl. The first kappa shape index (κ1) is 34.7. The van der Waals surface area contributed by atoms with Crippen LogP contribution in [-0.4, -0.2) is 81.1 Å². The van der Waals surface area contributed by atoms with Gasteiger partial charge in [0.05, 0.1) is 35.2 Å². The van der Waals surface area contributed by atoms with Crippen LogP contribution in [0.3, 0.4) is 0 Å². The van der Waals surface area contributed by atoms with Crippen molar-refractivity contribution >= 4 is 46.3 Å². The number of fused-ring (bicyclic) bond motifs is 1. The Kier molecular flexibility index (Phi) is 9.20. The van der Waals surface area contributed by atoms with Gasteiger partial charge in [0, 0.05) is 31.6 Å². The van der Waals surface area contributed by atoms with Gasteiger partial charge in [-0.25, -0.2) is 4.79 Å². The second-order valence-corrected chi connectivity index (χ2v) is 14.2. The molecule has 1 spiro atoms. The van der Waals surface area contributed by atoms with Gasteiger partial charge in [-0.15, -0.1) is 5.10 Å². The van der Waals surface area contributed by atoms with E-state index in [1.165, 1.54) is 4.52 Å². The van der Waals surface area contributed by atoms with Gasteiger partial charge in [0.1, 0.15) is 17.8 Å². The van der Waals surface area contributed by atoms with Crippen LogP contribution in [0.15, 0.2) is 29.1 Å². The largest absolute Gasteiger partial charge is 0.444 e. The molecule has 6 rings (SSSR count). The zero-order chi connectivity index (χ0) is 35.3. The zero-order valence-corrected chi connectivity index (χ0v) is 28.6. The maximum atomic E-state index is 14.2. The molecule has 49 heavy (non-hydrogen) atoms. The van der Waals surface area contributed by atoms with Gasteiger partial charge in [-0.05, 0) is 70.2 Å². The lowest BCUT2D eigenvalue weighted by molar-refractivity contribution is -0.137. The molecule has 3 aliphatic rings. The van der Waals surface area contributed by atoms with E-state index >= 15 is 0 Å². The number of benzene rings is 1. The molecule has 1 aromatic carbocycles. The Bertz CT molecular complexity index is 1870. The molecule has 16 heteroatoms. The van der Waals surface area contributed by atoms with E-state index in [0.29, 0.717) is 69.4 Å². The molecular formula is C33H39ClF3N7O5. The summed E-state index contributed by atoms with van der Waals surface area (Å²) in [5.74, 6) is -0.0353. The normalized spacial score (nSPS) is 18.0. The molecule has 2 aromatic heterocycles. The van der Waals surface area contributed by atoms with Gasteiger partial charge in [0.2, 0.25) is 11.7 Å². The summed E-state index contributed by atoms with van der Waals surface area (Å²) >= 11 is 6.13. The Morgan fingerprint density at radius 1 is 1.12 bits per heavy atom. The maximum Gasteiger partial charge on any atom is 0.416 e. The maximum absolute atomic E-state index is 14.2. The molecule has 2 aliphatic heterocycles. The van der Waals surface area contributed by atoms with Crippen molar-refractivity contribution < 1.29 is 32.2 Å². The van der Waals surface area contributed by atoms with Crippen molar-refractivity contribution in [2.24, 2.45) is 5.41 Å². The minimum Gasteiger partial charge on any atom is -0.444 e. The van der Waals surface area contributed by atoms with Crippen LogP contribution in [0.2, 0.25) is 5.02 Å². The second-order valence-electron chi connectivity index (χ2n) is 13.8. The van der Waals surface area contributed by atoms with Crippen LogP contribution in [0.5, 0.6) is 0 Å². The van der Waals surface area contributed by atoms with E-state index < -0.39 is 34.9 Å². The minimum atomic E-state index is -4.59. The van der Waals surface area contributed by atoms with E-state index in [4.69, 9.17) is 26.1 Å². The predicted molar refractivity (Wildman–Crippen MR) is 177 cm³/mol. The standard InChI is InChI=1S/C33H39ClF3N7O5/c1-5-24-26(41-12-14-42(15-13-41)30(47)49-31(2,3)4)28(46)44-29(39-27(40-44)20-8-10-32(11-9-20)18-48-19-32)43(24)17-25(45)38-23-7-6-21(16-22(23)34)33(35,36)37/h6-8,16H,5,9-15,17-19H2,1-4H3,(H,38,45). The monoisotopic (exact) mass is 705 g/mol. The van der Waals surface area contributed by atoms with E-state index in [9.17, 15) is 27.6 Å². The van der Waals surface area contributed by atoms with Gasteiger partial charge < -0.3 is 29.2 Å². The molecule has 0 atom stereocenters. The van der Waals surface area contributed by atoms with Crippen LogP contribution in [-0.2, 0) is 33.4 Å². The molecular weight excluding hydrogens is 667 g/mol. The van der Waals surface area contributed by atoms with Crippen LogP contribution >= 0.6 is 11.6 Å². The topological polar surface area (TPSA) is 123 Å². The Hall–Kier alpha value is -4.11. The van der Waals surface area contributed by atoms with Crippen LogP contribution in [0, 0.1) is 5.41 Å². The van der Waals surface area contributed by atoms with Crippen molar-refractivity contribution in [3.05, 3.63) is 56.7 Å². The summed E-state index contributed by atoms with van der Waals surface area (Å²) in [6.45, 7) is 9.61. The Morgan fingerprint density at radius 2 is 1.84 bits per heavy atom. The van der Waals surface area contributed by atoms with Gasteiger partial charge in [-0.3, -0.25) is 9.59 Å². The number of alkyl halides is 3. The predicted octanol–water partition coefficient (Wildman–Crippen LogP) is 5.41. The van der Waals surface area contributed by atoms with Crippen LogP contribution in [0.4, 0.5) is 29.3 Å². The van der Waals surface area contributed by atoms with Crippen molar-refractivity contribution in [3.8, 4) is 0 Å². The Balaban J connectivity index is 1.35. The lowest BCUT2D eigenvalue weighted by atomic mass is 9.73. The second kappa shape index (κ2) is 13.0. The average Bonchev–Trinajstić information content (AvgIpc) is 3.47. The minimum absolute atomic E-state index is 0.0108. The molecule has 0 bridgehead atoms. The van der Waals surface area contributed by atoms with Crippen LogP contribution < -0.4 is 15.8 Å². The fourth-order valence-electron chi connectivity index (χ4n) is 6.43. The van der Waals surface area contributed by atoms with Crippen molar-refractivity contribution in [3.63, 3.8) is 0 Å². The number of rotatable bonds is 6. The number of anilines is 2. The molecule has 2 amide bonds. The molecule has 2 fully saturated rings. The van der Waals surface area contributed by atoms with Crippen LogP contribution in [0.25, 0.3) is 11.4 Å². The summed E-state index contributed by atoms with van der Waals surface area (Å²) in [7, 11) is 0. The number of nitrogens with zero attached hydrogens (tertiary/aromatic N) is 6. The smallest absolute Gasteiger partial charge is 0.416 e. The number of nitrogens with one attached hydrogen (secondary N) is 1. The summed E-state index contributed by atoms with van der Waals surface area (Å²) in [6, 6.07) is 2.70. The number of carbonyl (C=O) groups is 2. The first-order valence-corrected chi connectivity index (χ1v) is 16.6. The molecule has 3 aromatic rings. The lowest BCUT2D eigenvalue weighted by Crippen LogP contribution is -2.51. The number of carbonyl (C=O) groups excluding carboxylic acids is 2. The molecule has 2 saturated heterocycles. The highest BCUT2D eigenvalue weighted by atomic mass is 35.5. The van der Waals surface area contributed by atoms with Gasteiger partial charge in [-0.1, -0.05) is 24.6 Å². The molecule has 0 unspecified atom stereocenters. The van der Waals surface area contributed by atoms with Crippen molar-refractivity contribution in [1.29, 1.82) is 0 Å². The summed E-state index contributed by atoms with van der Waals surface area (Å²) in [4.78, 5) is 48.7. The third kappa shape index (κ3) is 7.14. The highest BCUT2D eigenvalue weighted by Gasteiger charge is 2.40. The fraction of sp³-hybridized carbons (Fsp3) is 0.545. The molecule has 1 N–H and O–H groups in total. The molecule has 12 nitrogen and oxygen atoms in total. The molecule has 264 valence electrons. The number of aromatic nitrogens is 4. The number of piperazine rings is 1. The van der Waals surface area contributed by atoms with Gasteiger partial charge in [0.15, 0.2) is 5.82 Å². The fourth-order valence-corrected chi connectivity index (χ4v) is 6.66. The average molecular weight is 706 g/mol. The third-order valence-electron chi connectivity index (χ3n) is 9.09. The summed E-state index contributed by atoms with van der Waals surface area (Å²) in [5, 5.41) is 6.98. The van der Waals surface area contributed by atoms with Gasteiger partial charge >= 0.3 is 12.3 Å². The van der Waals surface area contributed by atoms with Crippen LogP contribution in [0.1, 0.15) is 64.0 Å². The first-order chi connectivity index (χ1) is 23.1. The summed E-state index contributed by atoms with van der Waals surface area (Å²) < 4.78 is 53.4. The van der Waals surface area contributed by atoms with Gasteiger partial charge in [-0.2, -0.15) is 22.7 Å². The highest BCUT2D eigenvalue weighted by Crippen LogP contribution is 2.43. The van der Waals surface area contributed by atoms with E-state index in [2.05, 4.69) is 16.5 Å². The lowest BCUT2D eigenvalue weighted by Gasteiger charge is -2.43. The Morgan fingerprint density at radius 3 is 2.39 bits per heavy atom. The van der Waals surface area contributed by atoms with Crippen molar-refractivity contribution in [2.75, 3.05) is 49.6 Å². The number of hydrogen-bond acceptors (Lipinski definition) is 8.